The molecular formula is C16H26N4O2. The summed E-state index contributed by atoms with van der Waals surface area (Å²) in [5, 5.41) is 0. The molecule has 0 atom stereocenters. The van der Waals surface area contributed by atoms with Gasteiger partial charge < -0.3 is 20.3 Å². The first-order valence-electron chi connectivity index (χ1n) is 7.83. The lowest BCUT2D eigenvalue weighted by atomic mass is 9.94. The third kappa shape index (κ3) is 4.02. The highest BCUT2D eigenvalue weighted by Crippen LogP contribution is 2.26. The quantitative estimate of drug-likeness (QED) is 0.869. The fourth-order valence-corrected chi connectivity index (χ4v) is 2.81. The molecule has 2 rings (SSSR count). The molecule has 0 bridgehead atoms. The van der Waals surface area contributed by atoms with Crippen molar-refractivity contribution in [1.29, 1.82) is 0 Å². The van der Waals surface area contributed by atoms with Crippen molar-refractivity contribution in [2.45, 2.75) is 44.6 Å². The summed E-state index contributed by atoms with van der Waals surface area (Å²) >= 11 is 0. The van der Waals surface area contributed by atoms with Crippen LogP contribution in [0.1, 0.15) is 38.5 Å². The zero-order valence-corrected chi connectivity index (χ0v) is 13.7. The average Bonchev–Trinajstić information content (AvgIpc) is 2.51. The molecule has 0 saturated heterocycles. The molecule has 1 fully saturated rings. The van der Waals surface area contributed by atoms with Gasteiger partial charge in [0.1, 0.15) is 0 Å². The van der Waals surface area contributed by atoms with Crippen molar-refractivity contribution in [2.75, 3.05) is 21.1 Å². The van der Waals surface area contributed by atoms with Crippen LogP contribution in [0.15, 0.2) is 28.3 Å². The molecule has 6 heteroatoms. The zero-order chi connectivity index (χ0) is 16.1. The summed E-state index contributed by atoms with van der Waals surface area (Å²) in [6, 6.07) is 0.548. The normalized spacial score (nSPS) is 21.1. The largest absolute Gasteiger partial charge is 0.414 e. The van der Waals surface area contributed by atoms with E-state index in [1.54, 1.807) is 20.3 Å². The van der Waals surface area contributed by atoms with E-state index in [-0.39, 0.29) is 5.82 Å². The monoisotopic (exact) mass is 306 g/mol. The Morgan fingerprint density at radius 1 is 1.32 bits per heavy atom. The molecule has 2 N–H and O–H groups in total. The molecule has 0 aromatic rings. The lowest BCUT2D eigenvalue weighted by Gasteiger charge is -2.31. The molecule has 6 nitrogen and oxygen atoms in total. The number of carbonyl (C=O) groups excluding carboxylic acids is 1. The van der Waals surface area contributed by atoms with Crippen molar-refractivity contribution in [1.82, 2.24) is 9.80 Å². The van der Waals surface area contributed by atoms with Crippen LogP contribution >= 0.6 is 0 Å². The van der Waals surface area contributed by atoms with Gasteiger partial charge in [0.2, 0.25) is 0 Å². The van der Waals surface area contributed by atoms with E-state index in [9.17, 15) is 4.79 Å². The Balaban J connectivity index is 2.14. The lowest BCUT2D eigenvalue weighted by molar-refractivity contribution is 0.146. The standard InChI is InChI=1S/C16H26N4O2/c1-19(2)16(21)22-14-12(9-10-18-15(14)17)11-20(3)13-7-5-4-6-8-13/h10-11,13H,4-9,17H2,1-3H3. The van der Waals surface area contributed by atoms with Crippen molar-refractivity contribution in [3.05, 3.63) is 23.4 Å². The molecule has 22 heavy (non-hydrogen) atoms. The van der Waals surface area contributed by atoms with Crippen LogP contribution in [0.2, 0.25) is 0 Å². The number of aliphatic imine (C=N–C) groups is 1. The summed E-state index contributed by atoms with van der Waals surface area (Å²) < 4.78 is 5.40. The van der Waals surface area contributed by atoms with E-state index in [2.05, 4.69) is 16.9 Å². The summed E-state index contributed by atoms with van der Waals surface area (Å²) in [7, 11) is 5.36. The minimum Gasteiger partial charge on any atom is -0.406 e. The minimum absolute atomic E-state index is 0.254. The molecule has 1 aliphatic heterocycles. The van der Waals surface area contributed by atoms with Crippen molar-refractivity contribution in [3.8, 4) is 0 Å². The predicted octanol–water partition coefficient (Wildman–Crippen LogP) is 2.44. The van der Waals surface area contributed by atoms with Crippen LogP contribution in [-0.4, -0.2) is 49.3 Å². The van der Waals surface area contributed by atoms with Gasteiger partial charge in [-0.1, -0.05) is 19.3 Å². The number of allylic oxidation sites excluding steroid dienone is 1. The number of ether oxygens (including phenoxy) is 1. The van der Waals surface area contributed by atoms with Crippen molar-refractivity contribution >= 4 is 12.3 Å². The van der Waals surface area contributed by atoms with E-state index in [4.69, 9.17) is 10.5 Å². The van der Waals surface area contributed by atoms with Crippen LogP contribution in [0.4, 0.5) is 4.79 Å². The number of nitrogens with zero attached hydrogens (tertiary/aromatic N) is 3. The average molecular weight is 306 g/mol. The van der Waals surface area contributed by atoms with Gasteiger partial charge in [0.05, 0.1) is 0 Å². The highest BCUT2D eigenvalue weighted by atomic mass is 16.6. The van der Waals surface area contributed by atoms with E-state index in [0.29, 0.717) is 18.2 Å². The van der Waals surface area contributed by atoms with Crippen LogP contribution < -0.4 is 5.73 Å². The molecule has 0 aromatic heterocycles. The maximum atomic E-state index is 11.8. The first kappa shape index (κ1) is 16.4. The Morgan fingerprint density at radius 3 is 2.64 bits per heavy atom. The maximum absolute atomic E-state index is 11.8. The fraction of sp³-hybridized carbons (Fsp3) is 0.625. The molecule has 1 heterocycles. The third-order valence-electron chi connectivity index (χ3n) is 4.13. The number of carbonyl (C=O) groups is 1. The second-order valence-corrected chi connectivity index (χ2v) is 6.10. The second-order valence-electron chi connectivity index (χ2n) is 6.10. The Kier molecular flexibility index (Phi) is 5.46. The van der Waals surface area contributed by atoms with E-state index < -0.39 is 6.09 Å². The first-order valence-corrected chi connectivity index (χ1v) is 7.83. The van der Waals surface area contributed by atoms with E-state index in [0.717, 1.165) is 5.57 Å². The molecule has 0 radical (unpaired) electrons. The SMILES string of the molecule is CN(C)C(=O)OC1=C(N)N=CCC1=CN(C)C1CCCCC1. The van der Waals surface area contributed by atoms with Crippen LogP contribution in [-0.2, 0) is 4.74 Å². The summed E-state index contributed by atoms with van der Waals surface area (Å²) in [5.41, 5.74) is 6.80. The summed E-state index contributed by atoms with van der Waals surface area (Å²) in [5.74, 6) is 0.633. The highest BCUT2D eigenvalue weighted by Gasteiger charge is 2.22. The van der Waals surface area contributed by atoms with Gasteiger partial charge >= 0.3 is 6.09 Å². The Hall–Kier alpha value is -1.98. The van der Waals surface area contributed by atoms with Gasteiger partial charge in [-0.15, -0.1) is 0 Å². The molecule has 0 spiro atoms. The summed E-state index contributed by atoms with van der Waals surface area (Å²) in [6.45, 7) is 0. The maximum Gasteiger partial charge on any atom is 0.414 e. The van der Waals surface area contributed by atoms with E-state index >= 15 is 0 Å². The number of hydrogen-bond donors (Lipinski definition) is 1. The van der Waals surface area contributed by atoms with Gasteiger partial charge in [0, 0.05) is 51.6 Å². The van der Waals surface area contributed by atoms with Crippen molar-refractivity contribution in [3.63, 3.8) is 0 Å². The minimum atomic E-state index is -0.443. The van der Waals surface area contributed by atoms with E-state index in [1.807, 2.05) is 6.20 Å². The van der Waals surface area contributed by atoms with E-state index in [1.165, 1.54) is 37.0 Å². The smallest absolute Gasteiger partial charge is 0.406 e. The van der Waals surface area contributed by atoms with Crippen LogP contribution in [0, 0.1) is 0 Å². The number of hydrogen-bond acceptors (Lipinski definition) is 5. The van der Waals surface area contributed by atoms with Crippen LogP contribution in [0.25, 0.3) is 0 Å². The van der Waals surface area contributed by atoms with Gasteiger partial charge in [0.15, 0.2) is 11.6 Å². The van der Waals surface area contributed by atoms with Crippen molar-refractivity contribution < 1.29 is 9.53 Å². The first-order chi connectivity index (χ1) is 10.5. The molecule has 1 saturated carbocycles. The van der Waals surface area contributed by atoms with Gasteiger partial charge in [-0.2, -0.15) is 0 Å². The van der Waals surface area contributed by atoms with Crippen molar-refractivity contribution in [2.24, 2.45) is 10.7 Å². The lowest BCUT2D eigenvalue weighted by Crippen LogP contribution is -2.30. The van der Waals surface area contributed by atoms with Gasteiger partial charge in [-0.25, -0.2) is 9.79 Å². The summed E-state index contributed by atoms with van der Waals surface area (Å²) in [6.07, 6.45) is 10.3. The van der Waals surface area contributed by atoms with Gasteiger partial charge in [0.25, 0.3) is 0 Å². The molecule has 122 valence electrons. The topological polar surface area (TPSA) is 71.2 Å². The van der Waals surface area contributed by atoms with Crippen LogP contribution in [0.3, 0.4) is 0 Å². The van der Waals surface area contributed by atoms with Crippen LogP contribution in [0.5, 0.6) is 0 Å². The number of amides is 1. The Bertz CT molecular complexity index is 502. The molecule has 0 unspecified atom stereocenters. The Labute approximate surface area is 132 Å². The molecule has 2 aliphatic rings. The molecule has 0 aromatic carbocycles. The van der Waals surface area contributed by atoms with Gasteiger partial charge in [-0.3, -0.25) is 0 Å². The summed E-state index contributed by atoms with van der Waals surface area (Å²) in [4.78, 5) is 19.5. The number of nitrogens with two attached hydrogens (primary N) is 1. The predicted molar refractivity (Wildman–Crippen MR) is 87.2 cm³/mol. The zero-order valence-electron chi connectivity index (χ0n) is 13.7. The Morgan fingerprint density at radius 2 is 2.00 bits per heavy atom. The third-order valence-corrected chi connectivity index (χ3v) is 4.13. The molecule has 1 aliphatic carbocycles. The highest BCUT2D eigenvalue weighted by molar-refractivity contribution is 5.72. The number of rotatable bonds is 3. The fourth-order valence-electron chi connectivity index (χ4n) is 2.81. The molecular weight excluding hydrogens is 280 g/mol. The second kappa shape index (κ2) is 7.33. The molecule has 1 amide bonds. The van der Waals surface area contributed by atoms with Gasteiger partial charge in [-0.05, 0) is 12.8 Å².